The van der Waals surface area contributed by atoms with Gasteiger partial charge in [-0.1, -0.05) is 11.6 Å². The number of ether oxygens (including phenoxy) is 1. The van der Waals surface area contributed by atoms with Crippen molar-refractivity contribution in [3.63, 3.8) is 0 Å². The van der Waals surface area contributed by atoms with Crippen LogP contribution in [0.3, 0.4) is 0 Å². The molecule has 1 aliphatic carbocycles. The van der Waals surface area contributed by atoms with Gasteiger partial charge < -0.3 is 14.2 Å². The lowest BCUT2D eigenvalue weighted by Gasteiger charge is -2.32. The van der Waals surface area contributed by atoms with Gasteiger partial charge in [0.25, 0.3) is 0 Å². The first-order valence-corrected chi connectivity index (χ1v) is 13.8. The summed E-state index contributed by atoms with van der Waals surface area (Å²) >= 11 is 7.94. The molecular formula is C26H33ClN6O2S. The van der Waals surface area contributed by atoms with Crippen LogP contribution >= 0.6 is 22.9 Å². The molecule has 0 aromatic carbocycles. The second kappa shape index (κ2) is 10.4. The zero-order chi connectivity index (χ0) is 25.3. The van der Waals surface area contributed by atoms with E-state index in [1.165, 1.54) is 16.9 Å². The first-order valence-electron chi connectivity index (χ1n) is 12.6. The fraction of sp³-hybridized carbons (Fsp3) is 0.538. The average molecular weight is 529 g/mol. The highest BCUT2D eigenvalue weighted by molar-refractivity contribution is 7.13. The smallest absolute Gasteiger partial charge is 0.414 e. The summed E-state index contributed by atoms with van der Waals surface area (Å²) < 4.78 is 7.86. The van der Waals surface area contributed by atoms with Gasteiger partial charge in [0.15, 0.2) is 0 Å². The first-order chi connectivity index (χ1) is 17.3. The fourth-order valence-electron chi connectivity index (χ4n) is 5.27. The van der Waals surface area contributed by atoms with E-state index in [1.807, 2.05) is 44.7 Å². The molecule has 0 unspecified atom stereocenters. The maximum Gasteiger partial charge on any atom is 0.414 e. The second-order valence-electron chi connectivity index (χ2n) is 10.7. The van der Waals surface area contributed by atoms with Crippen molar-refractivity contribution in [2.45, 2.75) is 64.5 Å². The summed E-state index contributed by atoms with van der Waals surface area (Å²) in [5.74, 6) is 0.554. The molecule has 192 valence electrons. The molecule has 4 heterocycles. The van der Waals surface area contributed by atoms with Gasteiger partial charge in [0.2, 0.25) is 0 Å². The SMILES string of the molecule is CC(C)(C)OC(=O)N1C=C(CN(C[C@@H]2CC[C@H](n3ccc4c(Cl)ncnc43)C2)c2cncs2)CCC1. The van der Waals surface area contributed by atoms with E-state index in [2.05, 4.69) is 30.6 Å². The number of rotatable bonds is 6. The third-order valence-electron chi connectivity index (χ3n) is 6.83. The predicted molar refractivity (Wildman–Crippen MR) is 143 cm³/mol. The van der Waals surface area contributed by atoms with Gasteiger partial charge in [0.05, 0.1) is 17.1 Å². The van der Waals surface area contributed by atoms with Crippen LogP contribution in [0.15, 0.2) is 42.1 Å². The topological polar surface area (TPSA) is 76.4 Å². The van der Waals surface area contributed by atoms with Crippen molar-refractivity contribution in [1.82, 2.24) is 24.4 Å². The molecule has 0 spiro atoms. The number of carbonyl (C=O) groups is 1. The third-order valence-corrected chi connectivity index (χ3v) is 7.97. The average Bonchev–Trinajstić information content (AvgIpc) is 3.59. The Kier molecular flexibility index (Phi) is 7.21. The summed E-state index contributed by atoms with van der Waals surface area (Å²) in [6, 6.07) is 2.42. The highest BCUT2D eigenvalue weighted by Gasteiger charge is 2.30. The van der Waals surface area contributed by atoms with Gasteiger partial charge in [0, 0.05) is 38.1 Å². The highest BCUT2D eigenvalue weighted by Crippen LogP contribution is 2.38. The summed E-state index contributed by atoms with van der Waals surface area (Å²) in [5.41, 5.74) is 3.54. The number of carbonyl (C=O) groups excluding carboxylic acids is 1. The molecule has 0 saturated heterocycles. The molecule has 2 aliphatic rings. The minimum atomic E-state index is -0.501. The summed E-state index contributed by atoms with van der Waals surface area (Å²) in [6.07, 6.45) is 12.6. The number of anilines is 1. The minimum Gasteiger partial charge on any atom is -0.443 e. The van der Waals surface area contributed by atoms with E-state index < -0.39 is 5.60 Å². The molecule has 3 aromatic rings. The van der Waals surface area contributed by atoms with Gasteiger partial charge in [-0.15, -0.1) is 11.3 Å². The molecule has 1 aliphatic heterocycles. The Hall–Kier alpha value is -2.65. The van der Waals surface area contributed by atoms with Gasteiger partial charge in [-0.05, 0) is 70.4 Å². The largest absolute Gasteiger partial charge is 0.443 e. The lowest BCUT2D eigenvalue weighted by Crippen LogP contribution is -2.37. The molecule has 8 nitrogen and oxygen atoms in total. The molecule has 2 atom stereocenters. The zero-order valence-corrected chi connectivity index (χ0v) is 22.6. The number of hydrogen-bond acceptors (Lipinski definition) is 7. The molecule has 10 heteroatoms. The van der Waals surface area contributed by atoms with Crippen LogP contribution in [0.4, 0.5) is 9.80 Å². The molecule has 1 saturated carbocycles. The molecular weight excluding hydrogens is 496 g/mol. The van der Waals surface area contributed by atoms with Crippen molar-refractivity contribution >= 4 is 45.1 Å². The fourth-order valence-corrected chi connectivity index (χ4v) is 6.10. The Bertz CT molecular complexity index is 1240. The second-order valence-corrected chi connectivity index (χ2v) is 12.0. The van der Waals surface area contributed by atoms with Crippen LogP contribution in [0.5, 0.6) is 0 Å². The number of amides is 1. The Morgan fingerprint density at radius 1 is 1.31 bits per heavy atom. The van der Waals surface area contributed by atoms with Crippen molar-refractivity contribution in [1.29, 1.82) is 0 Å². The molecule has 3 aromatic heterocycles. The van der Waals surface area contributed by atoms with Crippen LogP contribution in [0.1, 0.15) is 58.9 Å². The quantitative estimate of drug-likeness (QED) is 0.349. The van der Waals surface area contributed by atoms with Gasteiger partial charge in [-0.25, -0.2) is 14.8 Å². The lowest BCUT2D eigenvalue weighted by molar-refractivity contribution is 0.0324. The monoisotopic (exact) mass is 528 g/mol. The van der Waals surface area contributed by atoms with Gasteiger partial charge >= 0.3 is 6.09 Å². The van der Waals surface area contributed by atoms with Crippen molar-refractivity contribution in [2.24, 2.45) is 5.92 Å². The highest BCUT2D eigenvalue weighted by atomic mass is 35.5. The van der Waals surface area contributed by atoms with Crippen molar-refractivity contribution in [3.8, 4) is 0 Å². The van der Waals surface area contributed by atoms with Crippen LogP contribution in [-0.4, -0.2) is 55.7 Å². The van der Waals surface area contributed by atoms with Crippen molar-refractivity contribution in [2.75, 3.05) is 24.5 Å². The number of halogens is 1. The van der Waals surface area contributed by atoms with Crippen LogP contribution in [-0.2, 0) is 4.74 Å². The van der Waals surface area contributed by atoms with Crippen LogP contribution in [0.2, 0.25) is 5.15 Å². The molecule has 36 heavy (non-hydrogen) atoms. The Labute approximate surface area is 220 Å². The van der Waals surface area contributed by atoms with E-state index in [0.29, 0.717) is 23.7 Å². The van der Waals surface area contributed by atoms with E-state index in [-0.39, 0.29) is 6.09 Å². The number of aromatic nitrogens is 4. The van der Waals surface area contributed by atoms with Crippen LogP contribution in [0, 0.1) is 5.92 Å². The summed E-state index contributed by atoms with van der Waals surface area (Å²) in [4.78, 5) is 29.7. The minimum absolute atomic E-state index is 0.273. The van der Waals surface area contributed by atoms with Crippen LogP contribution < -0.4 is 4.90 Å². The van der Waals surface area contributed by atoms with E-state index in [9.17, 15) is 4.79 Å². The summed E-state index contributed by atoms with van der Waals surface area (Å²) in [7, 11) is 0. The summed E-state index contributed by atoms with van der Waals surface area (Å²) in [5, 5.41) is 2.58. The molecule has 0 bridgehead atoms. The molecule has 0 N–H and O–H groups in total. The summed E-state index contributed by atoms with van der Waals surface area (Å²) in [6.45, 7) is 8.14. The number of fused-ring (bicyclic) bond motifs is 1. The number of hydrogen-bond donors (Lipinski definition) is 0. The Morgan fingerprint density at radius 3 is 2.94 bits per heavy atom. The molecule has 1 amide bonds. The van der Waals surface area contributed by atoms with E-state index in [4.69, 9.17) is 16.3 Å². The lowest BCUT2D eigenvalue weighted by atomic mass is 10.0. The molecule has 1 fully saturated rings. The number of thiazole rings is 1. The molecule has 0 radical (unpaired) electrons. The molecule has 5 rings (SSSR count). The standard InChI is InChI=1S/C26H33ClN6O2S/c1-26(2,3)35-25(34)31-9-4-5-19(14-31)15-32(22-12-28-17-36-22)13-18-6-7-20(11-18)33-10-8-21-23(27)29-16-30-24(21)33/h8,10,12,14,16-18,20H,4-7,9,11,13,15H2,1-3H3/t18-,20+/m1/s1. The number of nitrogens with zero attached hydrogens (tertiary/aromatic N) is 6. The van der Waals surface area contributed by atoms with Gasteiger partial charge in [0.1, 0.15) is 27.7 Å². The van der Waals surface area contributed by atoms with Gasteiger partial charge in [-0.3, -0.25) is 9.88 Å². The van der Waals surface area contributed by atoms with Crippen molar-refractivity contribution < 1.29 is 9.53 Å². The maximum atomic E-state index is 12.6. The van der Waals surface area contributed by atoms with Gasteiger partial charge in [-0.2, -0.15) is 0 Å². The van der Waals surface area contributed by atoms with E-state index in [1.54, 1.807) is 16.2 Å². The van der Waals surface area contributed by atoms with E-state index >= 15 is 0 Å². The van der Waals surface area contributed by atoms with Crippen molar-refractivity contribution in [3.05, 3.63) is 47.2 Å². The Morgan fingerprint density at radius 2 is 2.17 bits per heavy atom. The van der Waals surface area contributed by atoms with Crippen LogP contribution in [0.25, 0.3) is 11.0 Å². The zero-order valence-electron chi connectivity index (χ0n) is 21.1. The normalized spacial score (nSPS) is 20.6. The van der Waals surface area contributed by atoms with E-state index in [0.717, 1.165) is 56.2 Å². The third kappa shape index (κ3) is 5.67. The predicted octanol–water partition coefficient (Wildman–Crippen LogP) is 6.30. The maximum absolute atomic E-state index is 12.6. The first kappa shape index (κ1) is 25.0. The Balaban J connectivity index is 1.28.